The van der Waals surface area contributed by atoms with Crippen molar-refractivity contribution in [2.24, 2.45) is 7.05 Å². The molecule has 2 aromatic heterocycles. The summed E-state index contributed by atoms with van der Waals surface area (Å²) in [5.41, 5.74) is 1.00. The van der Waals surface area contributed by atoms with Gasteiger partial charge in [0.2, 0.25) is 0 Å². The summed E-state index contributed by atoms with van der Waals surface area (Å²) in [6.45, 7) is 1.90. The summed E-state index contributed by atoms with van der Waals surface area (Å²) in [5, 5.41) is 0. The molecule has 2 rings (SSSR count). The Kier molecular flexibility index (Phi) is 3.98. The minimum absolute atomic E-state index is 0.159. The predicted octanol–water partition coefficient (Wildman–Crippen LogP) is 1.61. The van der Waals surface area contributed by atoms with Crippen LogP contribution in [0.5, 0.6) is 0 Å². The van der Waals surface area contributed by atoms with Gasteiger partial charge in [-0.05, 0) is 25.1 Å². The van der Waals surface area contributed by atoms with Crippen LogP contribution in [0.1, 0.15) is 29.0 Å². The van der Waals surface area contributed by atoms with Gasteiger partial charge in [-0.2, -0.15) is 0 Å². The Morgan fingerprint density at radius 3 is 2.70 bits per heavy atom. The van der Waals surface area contributed by atoms with Crippen LogP contribution in [-0.2, 0) is 7.05 Å². The van der Waals surface area contributed by atoms with Crippen molar-refractivity contribution in [3.8, 4) is 0 Å². The van der Waals surface area contributed by atoms with Gasteiger partial charge in [0, 0.05) is 38.1 Å². The first kappa shape index (κ1) is 14.0. The van der Waals surface area contributed by atoms with E-state index in [1.165, 1.54) is 10.6 Å². The lowest BCUT2D eigenvalue weighted by atomic mass is 10.1. The maximum Gasteiger partial charge on any atom is 0.254 e. The van der Waals surface area contributed by atoms with Gasteiger partial charge in [-0.3, -0.25) is 14.6 Å². The second-order valence-electron chi connectivity index (χ2n) is 4.71. The van der Waals surface area contributed by atoms with Crippen molar-refractivity contribution in [3.05, 3.63) is 64.3 Å². The molecule has 0 radical (unpaired) electrons. The van der Waals surface area contributed by atoms with Crippen LogP contribution in [0.3, 0.4) is 0 Å². The molecule has 0 fully saturated rings. The van der Waals surface area contributed by atoms with Crippen molar-refractivity contribution in [2.75, 3.05) is 7.05 Å². The largest absolute Gasteiger partial charge is 0.333 e. The lowest BCUT2D eigenvalue weighted by molar-refractivity contribution is 0.0739. The van der Waals surface area contributed by atoms with Gasteiger partial charge in [0.25, 0.3) is 11.5 Å². The zero-order chi connectivity index (χ0) is 14.7. The highest BCUT2D eigenvalue weighted by molar-refractivity contribution is 5.94. The van der Waals surface area contributed by atoms with Gasteiger partial charge in [0.05, 0.1) is 11.7 Å². The number of carbonyl (C=O) groups excluding carboxylic acids is 1. The van der Waals surface area contributed by atoms with Crippen LogP contribution in [0.4, 0.5) is 0 Å². The number of pyridine rings is 2. The van der Waals surface area contributed by atoms with E-state index in [1.54, 1.807) is 37.5 Å². The summed E-state index contributed by atoms with van der Waals surface area (Å²) in [4.78, 5) is 29.8. The number of hydrogen-bond donors (Lipinski definition) is 0. The fraction of sp³-hybridized carbons (Fsp3) is 0.267. The smallest absolute Gasteiger partial charge is 0.254 e. The van der Waals surface area contributed by atoms with E-state index in [-0.39, 0.29) is 17.5 Å². The second-order valence-corrected chi connectivity index (χ2v) is 4.71. The van der Waals surface area contributed by atoms with Crippen LogP contribution in [0.2, 0.25) is 0 Å². The Hall–Kier alpha value is -2.43. The monoisotopic (exact) mass is 271 g/mol. The SMILES string of the molecule is CC(c1ccccn1)N(C)C(=O)c1ccn(C)c(=O)c1. The van der Waals surface area contributed by atoms with Crippen LogP contribution in [-0.4, -0.2) is 27.4 Å². The van der Waals surface area contributed by atoms with Crippen molar-refractivity contribution in [1.29, 1.82) is 0 Å². The normalized spacial score (nSPS) is 11.9. The highest BCUT2D eigenvalue weighted by Crippen LogP contribution is 2.17. The van der Waals surface area contributed by atoms with Gasteiger partial charge in [-0.1, -0.05) is 6.07 Å². The highest BCUT2D eigenvalue weighted by Gasteiger charge is 2.19. The van der Waals surface area contributed by atoms with Gasteiger partial charge in [0.1, 0.15) is 0 Å². The number of nitrogens with zero attached hydrogens (tertiary/aromatic N) is 3. The van der Waals surface area contributed by atoms with Crippen LogP contribution in [0, 0.1) is 0 Å². The average molecular weight is 271 g/mol. The van der Waals surface area contributed by atoms with Gasteiger partial charge in [0.15, 0.2) is 0 Å². The molecule has 0 N–H and O–H groups in total. The van der Waals surface area contributed by atoms with Gasteiger partial charge in [-0.25, -0.2) is 0 Å². The number of rotatable bonds is 3. The Morgan fingerprint density at radius 1 is 1.35 bits per heavy atom. The Balaban J connectivity index is 2.24. The summed E-state index contributed by atoms with van der Waals surface area (Å²) < 4.78 is 1.43. The summed E-state index contributed by atoms with van der Waals surface area (Å²) in [6.07, 6.45) is 3.29. The van der Waals surface area contributed by atoms with Crippen molar-refractivity contribution in [2.45, 2.75) is 13.0 Å². The van der Waals surface area contributed by atoms with E-state index in [4.69, 9.17) is 0 Å². The maximum absolute atomic E-state index is 12.4. The zero-order valence-corrected chi connectivity index (χ0v) is 11.8. The summed E-state index contributed by atoms with van der Waals surface area (Å²) >= 11 is 0. The van der Waals surface area contributed by atoms with Crippen molar-refractivity contribution >= 4 is 5.91 Å². The van der Waals surface area contributed by atoms with E-state index in [1.807, 2.05) is 25.1 Å². The molecule has 2 aromatic rings. The third kappa shape index (κ3) is 2.77. The van der Waals surface area contributed by atoms with E-state index >= 15 is 0 Å². The molecule has 0 aliphatic rings. The fourth-order valence-electron chi connectivity index (χ4n) is 1.88. The quantitative estimate of drug-likeness (QED) is 0.852. The molecule has 2 heterocycles. The number of carbonyl (C=O) groups is 1. The molecular weight excluding hydrogens is 254 g/mol. The molecule has 0 saturated heterocycles. The summed E-state index contributed by atoms with van der Waals surface area (Å²) in [5.74, 6) is -0.194. The van der Waals surface area contributed by atoms with Crippen molar-refractivity contribution in [3.63, 3.8) is 0 Å². The topological polar surface area (TPSA) is 55.2 Å². The van der Waals surface area contributed by atoms with Crippen molar-refractivity contribution < 1.29 is 4.79 Å². The second kappa shape index (κ2) is 5.69. The highest BCUT2D eigenvalue weighted by atomic mass is 16.2. The van der Waals surface area contributed by atoms with Crippen LogP contribution >= 0.6 is 0 Å². The molecule has 104 valence electrons. The fourth-order valence-corrected chi connectivity index (χ4v) is 1.88. The molecule has 0 saturated carbocycles. The van der Waals surface area contributed by atoms with Gasteiger partial charge < -0.3 is 9.47 Å². The molecule has 0 spiro atoms. The molecule has 1 amide bonds. The van der Waals surface area contributed by atoms with E-state index in [9.17, 15) is 9.59 Å². The minimum Gasteiger partial charge on any atom is -0.333 e. The summed E-state index contributed by atoms with van der Waals surface area (Å²) in [7, 11) is 3.36. The average Bonchev–Trinajstić information content (AvgIpc) is 2.48. The lowest BCUT2D eigenvalue weighted by Crippen LogP contribution is -2.31. The minimum atomic E-state index is -0.199. The van der Waals surface area contributed by atoms with Gasteiger partial charge in [-0.15, -0.1) is 0 Å². The van der Waals surface area contributed by atoms with E-state index < -0.39 is 0 Å². The molecule has 5 nitrogen and oxygen atoms in total. The first-order valence-corrected chi connectivity index (χ1v) is 6.35. The first-order chi connectivity index (χ1) is 9.50. The Labute approximate surface area is 117 Å². The van der Waals surface area contributed by atoms with Crippen LogP contribution < -0.4 is 5.56 Å². The lowest BCUT2D eigenvalue weighted by Gasteiger charge is -2.24. The third-order valence-corrected chi connectivity index (χ3v) is 3.37. The molecule has 20 heavy (non-hydrogen) atoms. The molecule has 1 unspecified atom stereocenters. The van der Waals surface area contributed by atoms with E-state index in [0.29, 0.717) is 5.56 Å². The van der Waals surface area contributed by atoms with Crippen molar-refractivity contribution in [1.82, 2.24) is 14.5 Å². The van der Waals surface area contributed by atoms with E-state index in [2.05, 4.69) is 4.98 Å². The van der Waals surface area contributed by atoms with Gasteiger partial charge >= 0.3 is 0 Å². The van der Waals surface area contributed by atoms with E-state index in [0.717, 1.165) is 5.69 Å². The molecule has 0 aliphatic carbocycles. The summed E-state index contributed by atoms with van der Waals surface area (Å²) in [6, 6.07) is 8.43. The van der Waals surface area contributed by atoms with Crippen LogP contribution in [0.15, 0.2) is 47.5 Å². The number of hydrogen-bond acceptors (Lipinski definition) is 3. The zero-order valence-electron chi connectivity index (χ0n) is 11.8. The maximum atomic E-state index is 12.4. The molecule has 1 atom stereocenters. The first-order valence-electron chi connectivity index (χ1n) is 6.35. The third-order valence-electron chi connectivity index (χ3n) is 3.37. The number of amides is 1. The molecule has 0 aromatic carbocycles. The van der Waals surface area contributed by atoms with Crippen LogP contribution in [0.25, 0.3) is 0 Å². The molecule has 0 aliphatic heterocycles. The predicted molar refractivity (Wildman–Crippen MR) is 76.4 cm³/mol. The number of aryl methyl sites for hydroxylation is 1. The standard InChI is InChI=1S/C15H17N3O2/c1-11(13-6-4-5-8-16-13)18(3)15(20)12-7-9-17(2)14(19)10-12/h4-11H,1-3H3. The molecule has 0 bridgehead atoms. The molecular formula is C15H17N3O2. The number of aromatic nitrogens is 2. The Morgan fingerprint density at radius 2 is 2.10 bits per heavy atom. The molecule has 5 heteroatoms. The Bertz CT molecular complexity index is 664.